The van der Waals surface area contributed by atoms with Crippen LogP contribution in [-0.2, 0) is 4.79 Å². The fraction of sp³-hybridized carbons (Fsp3) is 0.938. The minimum absolute atomic E-state index is 0.100. The van der Waals surface area contributed by atoms with Crippen molar-refractivity contribution in [1.82, 2.24) is 10.2 Å². The predicted molar refractivity (Wildman–Crippen MR) is 78.6 cm³/mol. The summed E-state index contributed by atoms with van der Waals surface area (Å²) in [4.78, 5) is 13.2. The van der Waals surface area contributed by atoms with Gasteiger partial charge in [0.25, 0.3) is 0 Å². The first-order chi connectivity index (χ1) is 9.70. The number of hydrogen-bond acceptors (Lipinski definition) is 3. The third kappa shape index (κ3) is 3.53. The summed E-state index contributed by atoms with van der Waals surface area (Å²) in [5, 5.41) is 11.7. The van der Waals surface area contributed by atoms with Gasteiger partial charge in [-0.3, -0.25) is 4.79 Å². The van der Waals surface area contributed by atoms with E-state index in [9.17, 15) is 4.79 Å². The van der Waals surface area contributed by atoms with E-state index in [1.54, 1.807) is 0 Å². The maximum atomic E-state index is 10.5. The van der Waals surface area contributed by atoms with Crippen LogP contribution < -0.4 is 5.32 Å². The molecule has 2 saturated carbocycles. The number of aliphatic carboxylic acids is 1. The zero-order chi connectivity index (χ0) is 13.9. The first-order valence-electron chi connectivity index (χ1n) is 8.35. The van der Waals surface area contributed by atoms with Crippen LogP contribution in [0, 0.1) is 23.7 Å². The molecular weight excluding hydrogens is 252 g/mol. The molecule has 3 rings (SSSR count). The first kappa shape index (κ1) is 14.3. The van der Waals surface area contributed by atoms with Gasteiger partial charge in [0.2, 0.25) is 0 Å². The second-order valence-corrected chi connectivity index (χ2v) is 7.23. The summed E-state index contributed by atoms with van der Waals surface area (Å²) in [5.74, 6) is 2.91. The molecule has 3 fully saturated rings. The van der Waals surface area contributed by atoms with Crippen LogP contribution in [0.25, 0.3) is 0 Å². The minimum atomic E-state index is -0.750. The van der Waals surface area contributed by atoms with Gasteiger partial charge >= 0.3 is 5.97 Å². The molecule has 0 aromatic rings. The van der Waals surface area contributed by atoms with Gasteiger partial charge in [0.05, 0.1) is 6.54 Å². The average molecular weight is 280 g/mol. The standard InChI is InChI=1S/C16H28N2O2/c19-16(20)9-17-8-13-2-1-5-18(10-13)11-15-7-12-3-4-14(15)6-12/h12-15,17H,1-11H2,(H,19,20). The Labute approximate surface area is 121 Å². The van der Waals surface area contributed by atoms with Gasteiger partial charge in [0.15, 0.2) is 0 Å². The van der Waals surface area contributed by atoms with Crippen molar-refractivity contribution in [2.45, 2.75) is 38.5 Å². The molecule has 2 N–H and O–H groups in total. The van der Waals surface area contributed by atoms with Crippen LogP contribution in [0.3, 0.4) is 0 Å². The van der Waals surface area contributed by atoms with Crippen molar-refractivity contribution in [2.75, 3.05) is 32.7 Å². The van der Waals surface area contributed by atoms with Crippen LogP contribution in [0.2, 0.25) is 0 Å². The quantitative estimate of drug-likeness (QED) is 0.779. The lowest BCUT2D eigenvalue weighted by Crippen LogP contribution is -2.43. The van der Waals surface area contributed by atoms with Crippen LogP contribution >= 0.6 is 0 Å². The molecule has 4 unspecified atom stereocenters. The van der Waals surface area contributed by atoms with Crippen molar-refractivity contribution >= 4 is 5.97 Å². The number of piperidine rings is 1. The second-order valence-electron chi connectivity index (χ2n) is 7.23. The van der Waals surface area contributed by atoms with Crippen molar-refractivity contribution in [3.05, 3.63) is 0 Å². The van der Waals surface area contributed by atoms with E-state index in [4.69, 9.17) is 5.11 Å². The summed E-state index contributed by atoms with van der Waals surface area (Å²) >= 11 is 0. The normalized spacial score (nSPS) is 37.4. The zero-order valence-electron chi connectivity index (χ0n) is 12.4. The van der Waals surface area contributed by atoms with Crippen molar-refractivity contribution in [1.29, 1.82) is 0 Å². The van der Waals surface area contributed by atoms with Crippen molar-refractivity contribution in [2.24, 2.45) is 23.7 Å². The smallest absolute Gasteiger partial charge is 0.317 e. The lowest BCUT2D eigenvalue weighted by atomic mass is 9.87. The lowest BCUT2D eigenvalue weighted by Gasteiger charge is -2.36. The number of nitrogens with zero attached hydrogens (tertiary/aromatic N) is 1. The topological polar surface area (TPSA) is 52.6 Å². The van der Waals surface area contributed by atoms with Gasteiger partial charge in [-0.05, 0) is 68.9 Å². The Kier molecular flexibility index (Phi) is 4.61. The molecule has 0 aromatic carbocycles. The number of carbonyl (C=O) groups is 1. The monoisotopic (exact) mass is 280 g/mol. The molecule has 1 aliphatic heterocycles. The highest BCUT2D eigenvalue weighted by Gasteiger charge is 2.40. The highest BCUT2D eigenvalue weighted by atomic mass is 16.4. The molecule has 4 atom stereocenters. The molecule has 0 aromatic heterocycles. The molecule has 20 heavy (non-hydrogen) atoms. The lowest BCUT2D eigenvalue weighted by molar-refractivity contribution is -0.136. The molecule has 3 aliphatic rings. The van der Waals surface area contributed by atoms with E-state index in [-0.39, 0.29) is 6.54 Å². The Morgan fingerprint density at radius 2 is 2.15 bits per heavy atom. The van der Waals surface area contributed by atoms with E-state index < -0.39 is 5.97 Å². The number of carboxylic acids is 1. The number of carboxylic acid groups (broad SMARTS) is 1. The Hall–Kier alpha value is -0.610. The molecule has 4 heteroatoms. The fourth-order valence-corrected chi connectivity index (χ4v) is 4.80. The number of fused-ring (bicyclic) bond motifs is 2. The highest BCUT2D eigenvalue weighted by molar-refractivity contribution is 5.68. The molecule has 114 valence electrons. The molecule has 2 aliphatic carbocycles. The molecule has 1 heterocycles. The number of rotatable bonds is 6. The number of nitrogens with one attached hydrogen (secondary N) is 1. The van der Waals surface area contributed by atoms with Gasteiger partial charge in [-0.15, -0.1) is 0 Å². The number of hydrogen-bond donors (Lipinski definition) is 2. The predicted octanol–water partition coefficient (Wildman–Crippen LogP) is 1.81. The summed E-state index contributed by atoms with van der Waals surface area (Å²) < 4.78 is 0. The Morgan fingerprint density at radius 3 is 2.85 bits per heavy atom. The van der Waals surface area contributed by atoms with Gasteiger partial charge in [0, 0.05) is 13.1 Å². The van der Waals surface area contributed by atoms with Crippen LogP contribution in [0.4, 0.5) is 0 Å². The van der Waals surface area contributed by atoms with Crippen LogP contribution in [0.1, 0.15) is 38.5 Å². The summed E-state index contributed by atoms with van der Waals surface area (Å²) in [6.07, 6.45) is 8.47. The van der Waals surface area contributed by atoms with Crippen molar-refractivity contribution in [3.63, 3.8) is 0 Å². The fourth-order valence-electron chi connectivity index (χ4n) is 4.80. The largest absolute Gasteiger partial charge is 0.480 e. The molecule has 4 nitrogen and oxygen atoms in total. The molecule has 2 bridgehead atoms. The SMILES string of the molecule is O=C(O)CNCC1CCCN(CC2CC3CCC2C3)C1. The van der Waals surface area contributed by atoms with E-state index in [0.29, 0.717) is 5.92 Å². The van der Waals surface area contributed by atoms with Crippen LogP contribution in [0.15, 0.2) is 0 Å². The highest BCUT2D eigenvalue weighted by Crippen LogP contribution is 2.48. The third-order valence-electron chi connectivity index (χ3n) is 5.69. The van der Waals surface area contributed by atoms with Gasteiger partial charge in [0.1, 0.15) is 0 Å². The van der Waals surface area contributed by atoms with Gasteiger partial charge < -0.3 is 15.3 Å². The maximum Gasteiger partial charge on any atom is 0.317 e. The molecule has 1 saturated heterocycles. The van der Waals surface area contributed by atoms with Crippen molar-refractivity contribution in [3.8, 4) is 0 Å². The average Bonchev–Trinajstić information content (AvgIpc) is 3.01. The molecular formula is C16H28N2O2. The maximum absolute atomic E-state index is 10.5. The summed E-state index contributed by atoms with van der Waals surface area (Å²) in [7, 11) is 0. The Bertz CT molecular complexity index is 347. The number of likely N-dealkylation sites (tertiary alicyclic amines) is 1. The summed E-state index contributed by atoms with van der Waals surface area (Å²) in [6.45, 7) is 4.68. The zero-order valence-corrected chi connectivity index (χ0v) is 12.4. The van der Waals surface area contributed by atoms with Gasteiger partial charge in [-0.1, -0.05) is 6.42 Å². The second kappa shape index (κ2) is 6.44. The molecule has 0 spiro atoms. The van der Waals surface area contributed by atoms with E-state index >= 15 is 0 Å². The van der Waals surface area contributed by atoms with E-state index in [0.717, 1.165) is 24.3 Å². The minimum Gasteiger partial charge on any atom is -0.480 e. The summed E-state index contributed by atoms with van der Waals surface area (Å²) in [6, 6.07) is 0. The van der Waals surface area contributed by atoms with E-state index in [2.05, 4.69) is 10.2 Å². The molecule has 0 radical (unpaired) electrons. The van der Waals surface area contributed by atoms with Crippen LogP contribution in [-0.4, -0.2) is 48.7 Å². The first-order valence-corrected chi connectivity index (χ1v) is 8.35. The Morgan fingerprint density at radius 1 is 1.25 bits per heavy atom. The summed E-state index contributed by atoms with van der Waals surface area (Å²) in [5.41, 5.74) is 0. The van der Waals surface area contributed by atoms with Gasteiger partial charge in [-0.25, -0.2) is 0 Å². The van der Waals surface area contributed by atoms with E-state index in [1.165, 1.54) is 58.2 Å². The van der Waals surface area contributed by atoms with E-state index in [1.807, 2.05) is 0 Å². The molecule has 0 amide bonds. The Balaban J connectivity index is 1.40. The van der Waals surface area contributed by atoms with Crippen molar-refractivity contribution < 1.29 is 9.90 Å². The van der Waals surface area contributed by atoms with Gasteiger partial charge in [-0.2, -0.15) is 0 Å². The third-order valence-corrected chi connectivity index (χ3v) is 5.69. The van der Waals surface area contributed by atoms with Crippen LogP contribution in [0.5, 0.6) is 0 Å².